The summed E-state index contributed by atoms with van der Waals surface area (Å²) in [6.45, 7) is 0. The van der Waals surface area contributed by atoms with Crippen LogP contribution < -0.4 is 0 Å². The minimum atomic E-state index is -0.921. The molecule has 3 heteroatoms. The van der Waals surface area contributed by atoms with E-state index < -0.39 is 11.9 Å². The van der Waals surface area contributed by atoms with Crippen LogP contribution in [0.15, 0.2) is 42.5 Å². The summed E-state index contributed by atoms with van der Waals surface area (Å²) in [7, 11) is 0. The Morgan fingerprint density at radius 2 is 1.89 bits per heavy atom. The second-order valence-corrected chi connectivity index (χ2v) is 4.28. The van der Waals surface area contributed by atoms with Crippen molar-refractivity contribution < 1.29 is 14.7 Å². The number of carbonyl (C=O) groups excluding carboxylic acids is 1. The first kappa shape index (κ1) is 12.3. The number of benzene rings is 2. The van der Waals surface area contributed by atoms with Crippen LogP contribution in [0, 0.1) is 5.92 Å². The highest BCUT2D eigenvalue weighted by Gasteiger charge is 2.18. The van der Waals surface area contributed by atoms with Gasteiger partial charge in [-0.05, 0) is 22.8 Å². The molecule has 2 aromatic carbocycles. The van der Waals surface area contributed by atoms with Crippen molar-refractivity contribution in [2.45, 2.75) is 12.8 Å². The monoisotopic (exact) mass is 242 g/mol. The molecule has 0 aliphatic carbocycles. The minimum Gasteiger partial charge on any atom is -0.481 e. The number of aldehydes is 1. The zero-order chi connectivity index (χ0) is 13.0. The van der Waals surface area contributed by atoms with Gasteiger partial charge in [-0.2, -0.15) is 0 Å². The smallest absolute Gasteiger partial charge is 0.307 e. The lowest BCUT2D eigenvalue weighted by molar-refractivity contribution is -0.142. The molecule has 0 radical (unpaired) electrons. The predicted molar refractivity (Wildman–Crippen MR) is 69.5 cm³/mol. The van der Waals surface area contributed by atoms with Crippen molar-refractivity contribution in [2.24, 2.45) is 5.92 Å². The maximum Gasteiger partial charge on any atom is 0.307 e. The van der Waals surface area contributed by atoms with Gasteiger partial charge in [0, 0.05) is 6.42 Å². The van der Waals surface area contributed by atoms with E-state index in [2.05, 4.69) is 0 Å². The zero-order valence-electron chi connectivity index (χ0n) is 9.87. The summed E-state index contributed by atoms with van der Waals surface area (Å²) in [5.41, 5.74) is 0.974. The molecule has 2 rings (SSSR count). The number of rotatable bonds is 5. The van der Waals surface area contributed by atoms with Gasteiger partial charge in [0.1, 0.15) is 6.29 Å². The van der Waals surface area contributed by atoms with E-state index in [0.717, 1.165) is 16.3 Å². The highest BCUT2D eigenvalue weighted by molar-refractivity contribution is 5.86. The molecule has 1 N–H and O–H groups in total. The second kappa shape index (κ2) is 5.45. The predicted octanol–water partition coefficient (Wildman–Crippen LogP) is 2.67. The lowest BCUT2D eigenvalue weighted by Gasteiger charge is -2.11. The van der Waals surface area contributed by atoms with Crippen molar-refractivity contribution in [3.8, 4) is 0 Å². The topological polar surface area (TPSA) is 54.4 Å². The maximum absolute atomic E-state index is 11.1. The van der Waals surface area contributed by atoms with Gasteiger partial charge < -0.3 is 9.90 Å². The fourth-order valence-electron chi connectivity index (χ4n) is 2.12. The highest BCUT2D eigenvalue weighted by Crippen LogP contribution is 2.22. The Bertz CT molecular complexity index is 569. The largest absolute Gasteiger partial charge is 0.481 e. The molecule has 2 aromatic rings. The van der Waals surface area contributed by atoms with Gasteiger partial charge in [0.05, 0.1) is 5.92 Å². The van der Waals surface area contributed by atoms with Crippen LogP contribution >= 0.6 is 0 Å². The SMILES string of the molecule is O=CCC(Cc1cccc2ccccc12)C(=O)O. The summed E-state index contributed by atoms with van der Waals surface area (Å²) >= 11 is 0. The molecular weight excluding hydrogens is 228 g/mol. The van der Waals surface area contributed by atoms with Crippen LogP contribution in [0.5, 0.6) is 0 Å². The summed E-state index contributed by atoms with van der Waals surface area (Å²) in [5, 5.41) is 11.2. The summed E-state index contributed by atoms with van der Waals surface area (Å²) in [6.07, 6.45) is 1.11. The van der Waals surface area contributed by atoms with Crippen LogP contribution in [0.4, 0.5) is 0 Å². The molecule has 1 unspecified atom stereocenters. The number of fused-ring (bicyclic) bond motifs is 1. The molecule has 18 heavy (non-hydrogen) atoms. The average Bonchev–Trinajstić information content (AvgIpc) is 2.38. The van der Waals surface area contributed by atoms with Gasteiger partial charge in [-0.1, -0.05) is 42.5 Å². The first-order valence-corrected chi connectivity index (χ1v) is 5.85. The molecule has 0 heterocycles. The second-order valence-electron chi connectivity index (χ2n) is 4.28. The molecule has 0 bridgehead atoms. The van der Waals surface area contributed by atoms with Crippen LogP contribution in [-0.2, 0) is 16.0 Å². The number of carboxylic acids is 1. The Morgan fingerprint density at radius 3 is 2.61 bits per heavy atom. The van der Waals surface area contributed by atoms with Gasteiger partial charge in [-0.25, -0.2) is 0 Å². The Labute approximate surface area is 105 Å². The van der Waals surface area contributed by atoms with E-state index in [4.69, 9.17) is 5.11 Å². The molecule has 1 atom stereocenters. The third-order valence-electron chi connectivity index (χ3n) is 3.08. The quantitative estimate of drug-likeness (QED) is 0.820. The van der Waals surface area contributed by atoms with E-state index in [1.807, 2.05) is 42.5 Å². The van der Waals surface area contributed by atoms with Gasteiger partial charge in [0.2, 0.25) is 0 Å². The van der Waals surface area contributed by atoms with E-state index in [1.165, 1.54) is 0 Å². The molecule has 0 amide bonds. The first-order valence-electron chi connectivity index (χ1n) is 5.85. The molecular formula is C15H14O3. The highest BCUT2D eigenvalue weighted by atomic mass is 16.4. The summed E-state index contributed by atoms with van der Waals surface area (Å²) < 4.78 is 0. The molecule has 0 spiro atoms. The van der Waals surface area contributed by atoms with Crippen molar-refractivity contribution in [1.82, 2.24) is 0 Å². The first-order chi connectivity index (χ1) is 8.72. The molecule has 0 aromatic heterocycles. The maximum atomic E-state index is 11.1. The van der Waals surface area contributed by atoms with E-state index in [1.54, 1.807) is 0 Å². The molecule has 0 saturated carbocycles. The number of hydrogen-bond donors (Lipinski definition) is 1. The molecule has 0 aliphatic heterocycles. The van der Waals surface area contributed by atoms with Gasteiger partial charge in [0.25, 0.3) is 0 Å². The van der Waals surface area contributed by atoms with Gasteiger partial charge in [-0.3, -0.25) is 4.79 Å². The van der Waals surface area contributed by atoms with Crippen LogP contribution in [0.2, 0.25) is 0 Å². The lowest BCUT2D eigenvalue weighted by atomic mass is 9.93. The average molecular weight is 242 g/mol. The summed E-state index contributed by atoms with van der Waals surface area (Å²) in [5.74, 6) is -1.57. The Hall–Kier alpha value is -2.16. The van der Waals surface area contributed by atoms with Gasteiger partial charge >= 0.3 is 5.97 Å². The molecule has 92 valence electrons. The van der Waals surface area contributed by atoms with E-state index in [0.29, 0.717) is 12.7 Å². The normalized spacial score (nSPS) is 12.2. The fraction of sp³-hybridized carbons (Fsp3) is 0.200. The third kappa shape index (κ3) is 2.56. The minimum absolute atomic E-state index is 0.0541. The number of hydrogen-bond acceptors (Lipinski definition) is 2. The summed E-state index contributed by atoms with van der Waals surface area (Å²) in [4.78, 5) is 21.6. The Kier molecular flexibility index (Phi) is 3.72. The third-order valence-corrected chi connectivity index (χ3v) is 3.08. The summed E-state index contributed by atoms with van der Waals surface area (Å²) in [6, 6.07) is 13.7. The van der Waals surface area contributed by atoms with Crippen LogP contribution in [0.3, 0.4) is 0 Å². The fourth-order valence-corrected chi connectivity index (χ4v) is 2.12. The molecule has 0 aliphatic rings. The van der Waals surface area contributed by atoms with Crippen LogP contribution in [-0.4, -0.2) is 17.4 Å². The van der Waals surface area contributed by atoms with Crippen LogP contribution in [0.25, 0.3) is 10.8 Å². The van der Waals surface area contributed by atoms with E-state index in [9.17, 15) is 9.59 Å². The Balaban J connectivity index is 2.36. The van der Waals surface area contributed by atoms with Crippen LogP contribution in [0.1, 0.15) is 12.0 Å². The number of aliphatic carboxylic acids is 1. The van der Waals surface area contributed by atoms with Gasteiger partial charge in [0.15, 0.2) is 0 Å². The van der Waals surface area contributed by atoms with Crippen molar-refractivity contribution in [3.05, 3.63) is 48.0 Å². The Morgan fingerprint density at radius 1 is 1.17 bits per heavy atom. The van der Waals surface area contributed by atoms with E-state index >= 15 is 0 Å². The number of carboxylic acid groups (broad SMARTS) is 1. The van der Waals surface area contributed by atoms with Crippen molar-refractivity contribution in [2.75, 3.05) is 0 Å². The lowest BCUT2D eigenvalue weighted by Crippen LogP contribution is -2.17. The molecule has 3 nitrogen and oxygen atoms in total. The van der Waals surface area contributed by atoms with E-state index in [-0.39, 0.29) is 6.42 Å². The van der Waals surface area contributed by atoms with Crippen molar-refractivity contribution in [1.29, 1.82) is 0 Å². The number of carbonyl (C=O) groups is 2. The standard InChI is InChI=1S/C15H14O3/c16-9-8-13(15(17)18)10-12-6-3-5-11-4-1-2-7-14(11)12/h1-7,9,13H,8,10H2,(H,17,18). The van der Waals surface area contributed by atoms with Crippen molar-refractivity contribution >= 4 is 23.0 Å². The zero-order valence-corrected chi connectivity index (χ0v) is 9.87. The molecule has 0 fully saturated rings. The molecule has 0 saturated heterocycles. The van der Waals surface area contributed by atoms with Crippen molar-refractivity contribution in [3.63, 3.8) is 0 Å². The van der Waals surface area contributed by atoms with Gasteiger partial charge in [-0.15, -0.1) is 0 Å².